The lowest BCUT2D eigenvalue weighted by molar-refractivity contribution is 0.589. The Morgan fingerprint density at radius 2 is 1.81 bits per heavy atom. The van der Waals surface area contributed by atoms with Crippen LogP contribution in [0.2, 0.25) is 0 Å². The molecular formula is C17H18N4. The summed E-state index contributed by atoms with van der Waals surface area (Å²) in [6, 6.07) is 14.9. The number of anilines is 2. The molecule has 2 aromatic carbocycles. The van der Waals surface area contributed by atoms with Gasteiger partial charge in [0.15, 0.2) is 0 Å². The smallest absolute Gasteiger partial charge is 0.0641 e. The highest BCUT2D eigenvalue weighted by atomic mass is 15.3. The SMILES string of the molecule is C1=NNc2ccccc2-c2c1cccc2N1CCNCC1. The Bertz CT molecular complexity index is 687. The molecule has 4 rings (SSSR count). The number of hydrogen-bond donors (Lipinski definition) is 2. The first kappa shape index (κ1) is 12.4. The number of nitrogens with one attached hydrogen (secondary N) is 2. The van der Waals surface area contributed by atoms with E-state index in [4.69, 9.17) is 0 Å². The lowest BCUT2D eigenvalue weighted by Gasteiger charge is -2.31. The Labute approximate surface area is 124 Å². The van der Waals surface area contributed by atoms with Crippen molar-refractivity contribution in [2.45, 2.75) is 0 Å². The first-order valence-electron chi connectivity index (χ1n) is 7.41. The van der Waals surface area contributed by atoms with Crippen molar-refractivity contribution in [3.63, 3.8) is 0 Å². The summed E-state index contributed by atoms with van der Waals surface area (Å²) in [7, 11) is 0. The van der Waals surface area contributed by atoms with Gasteiger partial charge in [0.05, 0.1) is 11.9 Å². The average molecular weight is 278 g/mol. The minimum atomic E-state index is 1.04. The van der Waals surface area contributed by atoms with E-state index in [0.29, 0.717) is 0 Å². The molecule has 0 amide bonds. The van der Waals surface area contributed by atoms with Crippen LogP contribution in [0.5, 0.6) is 0 Å². The van der Waals surface area contributed by atoms with E-state index >= 15 is 0 Å². The Morgan fingerprint density at radius 3 is 2.71 bits per heavy atom. The Balaban J connectivity index is 1.91. The summed E-state index contributed by atoms with van der Waals surface area (Å²) in [6.07, 6.45) is 1.92. The number of fused-ring (bicyclic) bond motifs is 3. The molecule has 2 heterocycles. The van der Waals surface area contributed by atoms with Crippen LogP contribution in [0.25, 0.3) is 11.1 Å². The van der Waals surface area contributed by atoms with Crippen LogP contribution in [0.1, 0.15) is 5.56 Å². The summed E-state index contributed by atoms with van der Waals surface area (Å²) in [4.78, 5) is 2.46. The zero-order chi connectivity index (χ0) is 14.1. The van der Waals surface area contributed by atoms with E-state index in [2.05, 4.69) is 57.1 Å². The standard InChI is InChI=1S/C17H18N4/c1-2-6-15-14(5-1)17-13(12-19-20-15)4-3-7-16(17)21-10-8-18-9-11-21/h1-7,12,18,20H,8-11H2. The van der Waals surface area contributed by atoms with Gasteiger partial charge in [-0.25, -0.2) is 0 Å². The van der Waals surface area contributed by atoms with E-state index in [1.165, 1.54) is 22.4 Å². The zero-order valence-corrected chi connectivity index (χ0v) is 11.8. The third kappa shape index (κ3) is 2.17. The molecule has 21 heavy (non-hydrogen) atoms. The molecule has 0 aromatic heterocycles. The molecule has 0 radical (unpaired) electrons. The minimum Gasteiger partial charge on any atom is -0.368 e. The van der Waals surface area contributed by atoms with Crippen molar-refractivity contribution >= 4 is 17.6 Å². The fourth-order valence-corrected chi connectivity index (χ4v) is 3.10. The van der Waals surface area contributed by atoms with Crippen molar-refractivity contribution in [2.75, 3.05) is 36.5 Å². The Hall–Kier alpha value is -2.33. The van der Waals surface area contributed by atoms with Gasteiger partial charge in [-0.2, -0.15) is 5.10 Å². The van der Waals surface area contributed by atoms with Crippen LogP contribution in [0.15, 0.2) is 47.6 Å². The maximum absolute atomic E-state index is 4.33. The van der Waals surface area contributed by atoms with Crippen LogP contribution in [-0.4, -0.2) is 32.4 Å². The van der Waals surface area contributed by atoms with Gasteiger partial charge in [-0.05, 0) is 12.1 Å². The summed E-state index contributed by atoms with van der Waals surface area (Å²) in [5.41, 5.74) is 9.18. The van der Waals surface area contributed by atoms with Gasteiger partial charge in [0.2, 0.25) is 0 Å². The van der Waals surface area contributed by atoms with Crippen LogP contribution in [0.3, 0.4) is 0 Å². The summed E-state index contributed by atoms with van der Waals surface area (Å²) < 4.78 is 0. The number of hydrazone groups is 1. The van der Waals surface area contributed by atoms with Crippen LogP contribution in [0.4, 0.5) is 11.4 Å². The average Bonchev–Trinajstić information content (AvgIpc) is 2.75. The molecule has 106 valence electrons. The number of para-hydroxylation sites is 1. The summed E-state index contributed by atoms with van der Waals surface area (Å²) in [5, 5.41) is 7.75. The molecule has 0 unspecified atom stereocenters. The molecule has 2 aromatic rings. The molecule has 0 spiro atoms. The highest BCUT2D eigenvalue weighted by Gasteiger charge is 2.20. The minimum absolute atomic E-state index is 1.04. The molecule has 0 atom stereocenters. The second kappa shape index (κ2) is 5.22. The molecule has 4 nitrogen and oxygen atoms in total. The zero-order valence-electron chi connectivity index (χ0n) is 11.8. The van der Waals surface area contributed by atoms with Gasteiger partial charge in [0, 0.05) is 48.6 Å². The van der Waals surface area contributed by atoms with Gasteiger partial charge in [-0.3, -0.25) is 5.43 Å². The molecule has 0 saturated carbocycles. The van der Waals surface area contributed by atoms with Crippen molar-refractivity contribution in [1.29, 1.82) is 0 Å². The van der Waals surface area contributed by atoms with Crippen LogP contribution in [-0.2, 0) is 0 Å². The van der Waals surface area contributed by atoms with Crippen molar-refractivity contribution in [1.82, 2.24) is 5.32 Å². The monoisotopic (exact) mass is 278 g/mol. The predicted molar refractivity (Wildman–Crippen MR) is 88.2 cm³/mol. The number of piperazine rings is 1. The third-order valence-electron chi connectivity index (χ3n) is 4.12. The first-order chi connectivity index (χ1) is 10.4. The lowest BCUT2D eigenvalue weighted by atomic mass is 9.96. The van der Waals surface area contributed by atoms with Crippen LogP contribution < -0.4 is 15.6 Å². The van der Waals surface area contributed by atoms with Gasteiger partial charge in [0.1, 0.15) is 0 Å². The van der Waals surface area contributed by atoms with Crippen molar-refractivity contribution in [2.24, 2.45) is 5.10 Å². The second-order valence-electron chi connectivity index (χ2n) is 5.39. The molecule has 2 aliphatic rings. The van der Waals surface area contributed by atoms with Crippen molar-refractivity contribution in [3.05, 3.63) is 48.0 Å². The van der Waals surface area contributed by atoms with Gasteiger partial charge < -0.3 is 10.2 Å². The maximum Gasteiger partial charge on any atom is 0.0641 e. The molecular weight excluding hydrogens is 260 g/mol. The molecule has 0 aliphatic carbocycles. The van der Waals surface area contributed by atoms with Crippen molar-refractivity contribution in [3.8, 4) is 11.1 Å². The second-order valence-corrected chi connectivity index (χ2v) is 5.39. The van der Waals surface area contributed by atoms with Crippen molar-refractivity contribution < 1.29 is 0 Å². The third-order valence-corrected chi connectivity index (χ3v) is 4.12. The summed E-state index contributed by atoms with van der Waals surface area (Å²) in [5.74, 6) is 0. The van der Waals surface area contributed by atoms with E-state index in [9.17, 15) is 0 Å². The fraction of sp³-hybridized carbons (Fsp3) is 0.235. The molecule has 1 saturated heterocycles. The van der Waals surface area contributed by atoms with E-state index in [0.717, 1.165) is 31.9 Å². The van der Waals surface area contributed by atoms with Gasteiger partial charge in [0.25, 0.3) is 0 Å². The Morgan fingerprint density at radius 1 is 0.952 bits per heavy atom. The predicted octanol–water partition coefficient (Wildman–Crippen LogP) is 2.52. The first-order valence-corrected chi connectivity index (χ1v) is 7.41. The number of nitrogens with zero attached hydrogens (tertiary/aromatic N) is 2. The van der Waals surface area contributed by atoms with E-state index in [1.807, 2.05) is 12.3 Å². The normalized spacial score (nSPS) is 16.7. The highest BCUT2D eigenvalue weighted by molar-refractivity contribution is 6.01. The molecule has 4 heteroatoms. The highest BCUT2D eigenvalue weighted by Crippen LogP contribution is 2.39. The van der Waals surface area contributed by atoms with Crippen LogP contribution >= 0.6 is 0 Å². The summed E-state index contributed by atoms with van der Waals surface area (Å²) >= 11 is 0. The maximum atomic E-state index is 4.33. The lowest BCUT2D eigenvalue weighted by Crippen LogP contribution is -2.43. The largest absolute Gasteiger partial charge is 0.368 e. The molecule has 0 bridgehead atoms. The fourth-order valence-electron chi connectivity index (χ4n) is 3.10. The molecule has 1 fully saturated rings. The van der Waals surface area contributed by atoms with Gasteiger partial charge in [-0.1, -0.05) is 30.3 Å². The van der Waals surface area contributed by atoms with E-state index in [-0.39, 0.29) is 0 Å². The van der Waals surface area contributed by atoms with Crippen LogP contribution in [0, 0.1) is 0 Å². The van der Waals surface area contributed by atoms with Gasteiger partial charge in [-0.15, -0.1) is 0 Å². The van der Waals surface area contributed by atoms with E-state index in [1.54, 1.807) is 0 Å². The number of rotatable bonds is 1. The number of hydrogen-bond acceptors (Lipinski definition) is 4. The Kier molecular flexibility index (Phi) is 3.09. The molecule has 2 N–H and O–H groups in total. The summed E-state index contributed by atoms with van der Waals surface area (Å²) in [6.45, 7) is 4.17. The topological polar surface area (TPSA) is 39.7 Å². The van der Waals surface area contributed by atoms with Gasteiger partial charge >= 0.3 is 0 Å². The number of benzene rings is 2. The van der Waals surface area contributed by atoms with E-state index < -0.39 is 0 Å². The molecule has 2 aliphatic heterocycles. The quantitative estimate of drug-likeness (QED) is 0.842.